The largest absolute Gasteiger partial charge is 0.494 e. The third-order valence-corrected chi connectivity index (χ3v) is 3.18. The molecule has 0 spiro atoms. The first-order chi connectivity index (χ1) is 9.20. The number of hydrogen-bond donors (Lipinski definition) is 1. The van der Waals surface area contributed by atoms with Crippen molar-refractivity contribution in [2.24, 2.45) is 0 Å². The number of nitrogens with zero attached hydrogens (tertiary/aromatic N) is 1. The van der Waals surface area contributed by atoms with Crippen molar-refractivity contribution < 1.29 is 9.15 Å². The van der Waals surface area contributed by atoms with Gasteiger partial charge in [0.2, 0.25) is 5.89 Å². The van der Waals surface area contributed by atoms with Crippen molar-refractivity contribution >= 4 is 28.4 Å². The van der Waals surface area contributed by atoms with Crippen molar-refractivity contribution in [1.82, 2.24) is 4.98 Å². The third-order valence-electron chi connectivity index (χ3n) is 2.86. The Labute approximate surface area is 114 Å². The second-order valence-corrected chi connectivity index (χ2v) is 4.44. The van der Waals surface area contributed by atoms with Gasteiger partial charge in [0.15, 0.2) is 11.1 Å². The zero-order valence-electron chi connectivity index (χ0n) is 10.2. The average Bonchev–Trinajstić information content (AvgIpc) is 2.81. The number of benzene rings is 2. The van der Waals surface area contributed by atoms with Crippen molar-refractivity contribution in [2.45, 2.75) is 0 Å². The standard InChI is InChI=1S/C14H11ClN2O2/c1-18-10-6-3-7-11-13(10)17-14(19-11)12-8(15)4-2-5-9(12)16/h2-7H,16H2,1H3. The van der Waals surface area contributed by atoms with E-state index in [1.165, 1.54) is 0 Å². The van der Waals surface area contributed by atoms with Crippen LogP contribution >= 0.6 is 11.6 Å². The number of para-hydroxylation sites is 1. The van der Waals surface area contributed by atoms with Crippen molar-refractivity contribution in [2.75, 3.05) is 12.8 Å². The molecule has 0 radical (unpaired) electrons. The number of hydrogen-bond acceptors (Lipinski definition) is 4. The van der Waals surface area contributed by atoms with Crippen LogP contribution in [-0.4, -0.2) is 12.1 Å². The van der Waals surface area contributed by atoms with Crippen LogP contribution in [0.3, 0.4) is 0 Å². The summed E-state index contributed by atoms with van der Waals surface area (Å²) in [5.74, 6) is 1.04. The molecule has 0 aliphatic heterocycles. The van der Waals surface area contributed by atoms with Crippen LogP contribution in [0.4, 0.5) is 5.69 Å². The molecule has 0 atom stereocenters. The minimum atomic E-state index is 0.391. The fourth-order valence-electron chi connectivity index (χ4n) is 1.96. The lowest BCUT2D eigenvalue weighted by Gasteiger charge is -2.02. The lowest BCUT2D eigenvalue weighted by molar-refractivity contribution is 0.419. The smallest absolute Gasteiger partial charge is 0.231 e. The van der Waals surface area contributed by atoms with E-state index in [2.05, 4.69) is 4.98 Å². The van der Waals surface area contributed by atoms with Crippen LogP contribution in [0.1, 0.15) is 0 Å². The van der Waals surface area contributed by atoms with E-state index in [-0.39, 0.29) is 0 Å². The SMILES string of the molecule is COc1cccc2oc(-c3c(N)cccc3Cl)nc12. The highest BCUT2D eigenvalue weighted by Gasteiger charge is 2.16. The molecule has 3 aromatic rings. The van der Waals surface area contributed by atoms with E-state index in [1.54, 1.807) is 25.3 Å². The zero-order valence-corrected chi connectivity index (χ0v) is 10.9. The second-order valence-electron chi connectivity index (χ2n) is 4.03. The molecule has 3 rings (SSSR count). The lowest BCUT2D eigenvalue weighted by atomic mass is 10.2. The number of nitrogens with two attached hydrogens (primary N) is 1. The first-order valence-corrected chi connectivity index (χ1v) is 6.06. The number of methoxy groups -OCH3 is 1. The maximum Gasteiger partial charge on any atom is 0.231 e. The van der Waals surface area contributed by atoms with Gasteiger partial charge < -0.3 is 14.9 Å². The molecule has 19 heavy (non-hydrogen) atoms. The molecule has 1 heterocycles. The van der Waals surface area contributed by atoms with E-state index in [9.17, 15) is 0 Å². The summed E-state index contributed by atoms with van der Waals surface area (Å²) in [6.07, 6.45) is 0. The summed E-state index contributed by atoms with van der Waals surface area (Å²) in [6, 6.07) is 10.8. The van der Waals surface area contributed by atoms with Gasteiger partial charge >= 0.3 is 0 Å². The summed E-state index contributed by atoms with van der Waals surface area (Å²) < 4.78 is 11.0. The number of ether oxygens (including phenoxy) is 1. The number of oxazole rings is 1. The Bertz CT molecular complexity index is 732. The van der Waals surface area contributed by atoms with Gasteiger partial charge in [0.1, 0.15) is 5.75 Å². The molecule has 0 amide bonds. The minimum absolute atomic E-state index is 0.391. The van der Waals surface area contributed by atoms with E-state index in [0.29, 0.717) is 39.0 Å². The van der Waals surface area contributed by atoms with Crippen LogP contribution in [0.5, 0.6) is 5.75 Å². The summed E-state index contributed by atoms with van der Waals surface area (Å²) >= 11 is 6.15. The summed E-state index contributed by atoms with van der Waals surface area (Å²) in [7, 11) is 1.59. The number of nitrogen functional groups attached to an aromatic ring is 1. The first-order valence-electron chi connectivity index (χ1n) is 5.68. The van der Waals surface area contributed by atoms with Crippen molar-refractivity contribution in [1.29, 1.82) is 0 Å². The lowest BCUT2D eigenvalue weighted by Crippen LogP contribution is -1.90. The van der Waals surface area contributed by atoms with Gasteiger partial charge in [-0.3, -0.25) is 0 Å². The Balaban J connectivity index is 2.27. The molecular formula is C14H11ClN2O2. The molecule has 2 N–H and O–H groups in total. The Morgan fingerprint density at radius 3 is 2.74 bits per heavy atom. The normalized spacial score (nSPS) is 10.8. The molecular weight excluding hydrogens is 264 g/mol. The van der Waals surface area contributed by atoms with E-state index in [1.807, 2.05) is 18.2 Å². The Kier molecular flexibility index (Phi) is 2.80. The Hall–Kier alpha value is -2.20. The summed E-state index contributed by atoms with van der Waals surface area (Å²) in [5.41, 5.74) is 8.34. The molecule has 96 valence electrons. The maximum absolute atomic E-state index is 6.15. The van der Waals surface area contributed by atoms with Crippen molar-refractivity contribution in [3.63, 3.8) is 0 Å². The summed E-state index contributed by atoms with van der Waals surface area (Å²) in [5, 5.41) is 0.505. The number of anilines is 1. The van der Waals surface area contributed by atoms with Crippen molar-refractivity contribution in [3.05, 3.63) is 41.4 Å². The van der Waals surface area contributed by atoms with Gasteiger partial charge in [0, 0.05) is 5.69 Å². The average molecular weight is 275 g/mol. The van der Waals surface area contributed by atoms with Crippen molar-refractivity contribution in [3.8, 4) is 17.2 Å². The second kappa shape index (κ2) is 4.48. The molecule has 0 aliphatic rings. The number of halogens is 1. The van der Waals surface area contributed by atoms with Crippen LogP contribution in [0.25, 0.3) is 22.6 Å². The van der Waals surface area contributed by atoms with Gasteiger partial charge in [-0.1, -0.05) is 23.7 Å². The van der Waals surface area contributed by atoms with Gasteiger partial charge in [-0.2, -0.15) is 0 Å². The molecule has 2 aromatic carbocycles. The highest BCUT2D eigenvalue weighted by Crippen LogP contribution is 2.36. The molecule has 0 fully saturated rings. The van der Waals surface area contributed by atoms with Crippen LogP contribution < -0.4 is 10.5 Å². The molecule has 0 bridgehead atoms. The van der Waals surface area contributed by atoms with Gasteiger partial charge in [0.05, 0.1) is 17.7 Å². The quantitative estimate of drug-likeness (QED) is 0.723. The third kappa shape index (κ3) is 1.90. The van der Waals surface area contributed by atoms with E-state index in [0.717, 1.165) is 0 Å². The topological polar surface area (TPSA) is 61.3 Å². The van der Waals surface area contributed by atoms with Crippen LogP contribution in [0.2, 0.25) is 5.02 Å². The number of aromatic nitrogens is 1. The van der Waals surface area contributed by atoms with Crippen LogP contribution in [0, 0.1) is 0 Å². The van der Waals surface area contributed by atoms with Gasteiger partial charge in [0.25, 0.3) is 0 Å². The summed E-state index contributed by atoms with van der Waals surface area (Å²) in [6.45, 7) is 0. The van der Waals surface area contributed by atoms with E-state index >= 15 is 0 Å². The monoisotopic (exact) mass is 274 g/mol. The molecule has 0 aliphatic carbocycles. The molecule has 0 saturated heterocycles. The highest BCUT2D eigenvalue weighted by atomic mass is 35.5. The predicted molar refractivity (Wildman–Crippen MR) is 75.4 cm³/mol. The molecule has 0 unspecified atom stereocenters. The zero-order chi connectivity index (χ0) is 13.4. The van der Waals surface area contributed by atoms with Gasteiger partial charge in [-0.15, -0.1) is 0 Å². The predicted octanol–water partition coefficient (Wildman–Crippen LogP) is 3.74. The molecule has 4 nitrogen and oxygen atoms in total. The number of rotatable bonds is 2. The minimum Gasteiger partial charge on any atom is -0.494 e. The molecule has 5 heteroatoms. The molecule has 1 aromatic heterocycles. The Morgan fingerprint density at radius 1 is 1.21 bits per heavy atom. The molecule has 0 saturated carbocycles. The Morgan fingerprint density at radius 2 is 2.00 bits per heavy atom. The van der Waals surface area contributed by atoms with Gasteiger partial charge in [-0.05, 0) is 24.3 Å². The number of fused-ring (bicyclic) bond motifs is 1. The summed E-state index contributed by atoms with van der Waals surface area (Å²) in [4.78, 5) is 4.42. The van der Waals surface area contributed by atoms with E-state index in [4.69, 9.17) is 26.5 Å². The fourth-order valence-corrected chi connectivity index (χ4v) is 2.22. The van der Waals surface area contributed by atoms with Gasteiger partial charge in [-0.25, -0.2) is 4.98 Å². The van der Waals surface area contributed by atoms with Crippen LogP contribution in [-0.2, 0) is 0 Å². The maximum atomic E-state index is 6.15. The van der Waals surface area contributed by atoms with Crippen LogP contribution in [0.15, 0.2) is 40.8 Å². The fraction of sp³-hybridized carbons (Fsp3) is 0.0714. The highest BCUT2D eigenvalue weighted by molar-refractivity contribution is 6.33. The van der Waals surface area contributed by atoms with E-state index < -0.39 is 0 Å². The first kappa shape index (κ1) is 11.9.